The van der Waals surface area contributed by atoms with Crippen LogP contribution in [0.15, 0.2) is 18.2 Å². The summed E-state index contributed by atoms with van der Waals surface area (Å²) >= 11 is 0. The van der Waals surface area contributed by atoms with Crippen LogP contribution in [-0.4, -0.2) is 25.2 Å². The lowest BCUT2D eigenvalue weighted by Gasteiger charge is -2.24. The number of nitrogens with one attached hydrogen (secondary N) is 1. The Morgan fingerprint density at radius 1 is 1.18 bits per heavy atom. The van der Waals surface area contributed by atoms with Crippen molar-refractivity contribution in [2.24, 2.45) is 5.92 Å². The Morgan fingerprint density at radius 2 is 1.86 bits per heavy atom. The monoisotopic (exact) mass is 305 g/mol. The number of hydrogen-bond acceptors (Lipinski definition) is 3. The number of amides is 1. The number of hydrogen-bond donors (Lipinski definition) is 1. The van der Waals surface area contributed by atoms with Gasteiger partial charge in [-0.15, -0.1) is 0 Å². The number of carbonyl (C=O) groups excluding carboxylic acids is 1. The molecule has 0 radical (unpaired) electrons. The first-order chi connectivity index (χ1) is 10.5. The second kappa shape index (κ2) is 7.52. The highest BCUT2D eigenvalue weighted by molar-refractivity contribution is 5.77. The molecule has 2 atom stereocenters. The van der Waals surface area contributed by atoms with Gasteiger partial charge < -0.3 is 14.8 Å². The van der Waals surface area contributed by atoms with Gasteiger partial charge in [0.2, 0.25) is 5.91 Å². The lowest BCUT2D eigenvalue weighted by atomic mass is 9.85. The molecule has 0 aliphatic carbocycles. The highest BCUT2D eigenvalue weighted by atomic mass is 16.6. The molecule has 0 bridgehead atoms. The normalized spacial score (nSPS) is 16.2. The van der Waals surface area contributed by atoms with Crippen molar-refractivity contribution in [1.82, 2.24) is 5.32 Å². The summed E-state index contributed by atoms with van der Waals surface area (Å²) in [7, 11) is 0. The van der Waals surface area contributed by atoms with Crippen LogP contribution in [0.5, 0.6) is 11.5 Å². The molecule has 1 aliphatic rings. The molecule has 2 rings (SSSR count). The summed E-state index contributed by atoms with van der Waals surface area (Å²) in [6, 6.07) is 6.25. The van der Waals surface area contributed by atoms with Crippen molar-refractivity contribution in [3.05, 3.63) is 23.8 Å². The van der Waals surface area contributed by atoms with Crippen LogP contribution < -0.4 is 14.8 Å². The van der Waals surface area contributed by atoms with Gasteiger partial charge in [0.05, 0.1) is 0 Å². The van der Waals surface area contributed by atoms with E-state index in [0.29, 0.717) is 25.6 Å². The maximum atomic E-state index is 12.2. The summed E-state index contributed by atoms with van der Waals surface area (Å²) < 4.78 is 11.2. The van der Waals surface area contributed by atoms with Crippen LogP contribution in [0, 0.1) is 5.92 Å². The summed E-state index contributed by atoms with van der Waals surface area (Å²) in [5.41, 5.74) is 1.14. The molecule has 1 N–H and O–H groups in total. The van der Waals surface area contributed by atoms with Crippen LogP contribution in [0.25, 0.3) is 0 Å². The van der Waals surface area contributed by atoms with Gasteiger partial charge in [-0.05, 0) is 42.9 Å². The van der Waals surface area contributed by atoms with E-state index >= 15 is 0 Å². The molecule has 4 nitrogen and oxygen atoms in total. The molecule has 1 amide bonds. The highest BCUT2D eigenvalue weighted by Gasteiger charge is 2.22. The topological polar surface area (TPSA) is 47.6 Å². The zero-order chi connectivity index (χ0) is 16.1. The van der Waals surface area contributed by atoms with Crippen molar-refractivity contribution in [3.8, 4) is 11.5 Å². The van der Waals surface area contributed by atoms with Crippen molar-refractivity contribution < 1.29 is 14.3 Å². The third kappa shape index (κ3) is 4.15. The van der Waals surface area contributed by atoms with Gasteiger partial charge in [0, 0.05) is 12.5 Å². The number of rotatable bonds is 6. The first kappa shape index (κ1) is 16.7. The van der Waals surface area contributed by atoms with E-state index in [0.717, 1.165) is 23.5 Å². The van der Waals surface area contributed by atoms with Gasteiger partial charge in [-0.25, -0.2) is 0 Å². The van der Waals surface area contributed by atoms with Crippen LogP contribution in [-0.2, 0) is 4.79 Å². The Morgan fingerprint density at radius 3 is 2.50 bits per heavy atom. The Bertz CT molecular complexity index is 513. The van der Waals surface area contributed by atoms with Crippen molar-refractivity contribution in [3.63, 3.8) is 0 Å². The average molecular weight is 305 g/mol. The maximum absolute atomic E-state index is 12.2. The van der Waals surface area contributed by atoms with Gasteiger partial charge in [-0.1, -0.05) is 26.8 Å². The SMILES string of the molecule is CCC(C)NC(=O)CC(c1ccc2c(c1)OCCO2)C(C)C. The van der Waals surface area contributed by atoms with Gasteiger partial charge in [-0.3, -0.25) is 4.79 Å². The largest absolute Gasteiger partial charge is 0.486 e. The molecule has 0 saturated heterocycles. The quantitative estimate of drug-likeness (QED) is 0.875. The van der Waals surface area contributed by atoms with E-state index in [-0.39, 0.29) is 17.9 Å². The molecule has 4 heteroatoms. The fourth-order valence-corrected chi connectivity index (χ4v) is 2.66. The molecule has 2 unspecified atom stereocenters. The van der Waals surface area contributed by atoms with Gasteiger partial charge >= 0.3 is 0 Å². The molecule has 1 aromatic rings. The predicted molar refractivity (Wildman–Crippen MR) is 87.5 cm³/mol. The third-order valence-electron chi connectivity index (χ3n) is 4.22. The average Bonchev–Trinajstić information content (AvgIpc) is 2.51. The molecule has 0 aromatic heterocycles. The van der Waals surface area contributed by atoms with E-state index in [1.807, 2.05) is 19.1 Å². The van der Waals surface area contributed by atoms with E-state index in [1.165, 1.54) is 0 Å². The van der Waals surface area contributed by atoms with Crippen LogP contribution in [0.2, 0.25) is 0 Å². The van der Waals surface area contributed by atoms with Crippen LogP contribution in [0.4, 0.5) is 0 Å². The zero-order valence-corrected chi connectivity index (χ0v) is 14.0. The van der Waals surface area contributed by atoms with Crippen LogP contribution in [0.3, 0.4) is 0 Å². The standard InChI is InChI=1S/C18H27NO3/c1-5-13(4)19-18(20)11-15(12(2)3)14-6-7-16-17(10-14)22-9-8-21-16/h6-7,10,12-13,15H,5,8-9,11H2,1-4H3,(H,19,20). The zero-order valence-electron chi connectivity index (χ0n) is 14.0. The molecule has 1 heterocycles. The van der Waals surface area contributed by atoms with E-state index in [2.05, 4.69) is 32.2 Å². The van der Waals surface area contributed by atoms with Crippen molar-refractivity contribution >= 4 is 5.91 Å². The number of ether oxygens (including phenoxy) is 2. The van der Waals surface area contributed by atoms with Gasteiger partial charge in [0.25, 0.3) is 0 Å². The molecule has 1 aliphatic heterocycles. The summed E-state index contributed by atoms with van der Waals surface area (Å²) in [6.07, 6.45) is 1.45. The first-order valence-electron chi connectivity index (χ1n) is 8.20. The molecule has 0 fully saturated rings. The summed E-state index contributed by atoms with van der Waals surface area (Å²) in [5, 5.41) is 3.05. The van der Waals surface area contributed by atoms with E-state index in [4.69, 9.17) is 9.47 Å². The van der Waals surface area contributed by atoms with Crippen molar-refractivity contribution in [2.75, 3.05) is 13.2 Å². The second-order valence-corrected chi connectivity index (χ2v) is 6.33. The fraction of sp³-hybridized carbons (Fsp3) is 0.611. The van der Waals surface area contributed by atoms with Gasteiger partial charge in [0.15, 0.2) is 11.5 Å². The van der Waals surface area contributed by atoms with E-state index in [9.17, 15) is 4.79 Å². The maximum Gasteiger partial charge on any atom is 0.220 e. The van der Waals surface area contributed by atoms with Crippen molar-refractivity contribution in [2.45, 2.75) is 52.5 Å². The summed E-state index contributed by atoms with van der Waals surface area (Å²) in [4.78, 5) is 12.2. The Hall–Kier alpha value is -1.71. The molecule has 22 heavy (non-hydrogen) atoms. The predicted octanol–water partition coefficient (Wildman–Crippen LogP) is 3.50. The van der Waals surface area contributed by atoms with E-state index in [1.54, 1.807) is 0 Å². The first-order valence-corrected chi connectivity index (χ1v) is 8.20. The van der Waals surface area contributed by atoms with Crippen LogP contribution in [0.1, 0.15) is 52.0 Å². The highest BCUT2D eigenvalue weighted by Crippen LogP contribution is 2.36. The van der Waals surface area contributed by atoms with Gasteiger partial charge in [0.1, 0.15) is 13.2 Å². The third-order valence-corrected chi connectivity index (χ3v) is 4.22. The van der Waals surface area contributed by atoms with Crippen molar-refractivity contribution in [1.29, 1.82) is 0 Å². The van der Waals surface area contributed by atoms with E-state index < -0.39 is 0 Å². The Labute approximate surface area is 133 Å². The van der Waals surface area contributed by atoms with Crippen LogP contribution >= 0.6 is 0 Å². The second-order valence-electron chi connectivity index (χ2n) is 6.33. The van der Waals surface area contributed by atoms with Gasteiger partial charge in [-0.2, -0.15) is 0 Å². The lowest BCUT2D eigenvalue weighted by molar-refractivity contribution is -0.122. The minimum Gasteiger partial charge on any atom is -0.486 e. The smallest absolute Gasteiger partial charge is 0.220 e. The molecular weight excluding hydrogens is 278 g/mol. The number of carbonyl (C=O) groups is 1. The molecule has 122 valence electrons. The molecule has 0 spiro atoms. The molecular formula is C18H27NO3. The molecule has 0 saturated carbocycles. The Balaban J connectivity index is 2.12. The minimum atomic E-state index is 0.114. The minimum absolute atomic E-state index is 0.114. The number of benzene rings is 1. The Kier molecular flexibility index (Phi) is 5.69. The summed E-state index contributed by atoms with van der Waals surface area (Å²) in [6.45, 7) is 9.59. The number of fused-ring (bicyclic) bond motifs is 1. The lowest BCUT2D eigenvalue weighted by Crippen LogP contribution is -2.33. The molecule has 1 aromatic carbocycles. The summed E-state index contributed by atoms with van der Waals surface area (Å²) in [5.74, 6) is 2.26. The fourth-order valence-electron chi connectivity index (χ4n) is 2.66.